The van der Waals surface area contributed by atoms with E-state index >= 15 is 0 Å². The summed E-state index contributed by atoms with van der Waals surface area (Å²) in [5, 5.41) is 10.8. The summed E-state index contributed by atoms with van der Waals surface area (Å²) < 4.78 is 28.0. The Kier molecular flexibility index (Phi) is 4.73. The zero-order chi connectivity index (χ0) is 18.3. The van der Waals surface area contributed by atoms with Crippen LogP contribution in [0.2, 0.25) is 0 Å². The van der Waals surface area contributed by atoms with Gasteiger partial charge in [0.1, 0.15) is 0 Å². The van der Waals surface area contributed by atoms with Crippen molar-refractivity contribution >= 4 is 20.9 Å². The maximum Gasteiger partial charge on any atom is 0.243 e. The molecule has 1 aromatic heterocycles. The van der Waals surface area contributed by atoms with Crippen molar-refractivity contribution in [2.75, 3.05) is 26.2 Å². The predicted octanol–water partition coefficient (Wildman–Crippen LogP) is 1.76. The predicted molar refractivity (Wildman–Crippen MR) is 100 cm³/mol. The molecule has 2 atom stereocenters. The molecule has 1 aromatic carbocycles. The van der Waals surface area contributed by atoms with E-state index in [1.54, 1.807) is 22.6 Å². The first kappa shape index (κ1) is 17.9. The van der Waals surface area contributed by atoms with Crippen LogP contribution in [0.1, 0.15) is 24.8 Å². The van der Waals surface area contributed by atoms with Gasteiger partial charge in [-0.15, -0.1) is 0 Å². The molecule has 2 aliphatic rings. The van der Waals surface area contributed by atoms with E-state index in [9.17, 15) is 13.5 Å². The molecule has 4 rings (SSSR count). The first-order valence-corrected chi connectivity index (χ1v) is 10.7. The molecule has 2 heterocycles. The van der Waals surface area contributed by atoms with Crippen LogP contribution < -0.4 is 0 Å². The molecule has 1 aliphatic heterocycles. The quantitative estimate of drug-likeness (QED) is 0.885. The normalized spacial score (nSPS) is 25.8. The van der Waals surface area contributed by atoms with Gasteiger partial charge >= 0.3 is 0 Å². The van der Waals surface area contributed by atoms with Gasteiger partial charge in [-0.2, -0.15) is 4.31 Å². The molecule has 0 radical (unpaired) electrons. The zero-order valence-corrected chi connectivity index (χ0v) is 15.8. The van der Waals surface area contributed by atoms with Gasteiger partial charge in [0.2, 0.25) is 10.0 Å². The highest BCUT2D eigenvalue weighted by atomic mass is 32.2. The van der Waals surface area contributed by atoms with Crippen LogP contribution in [0.3, 0.4) is 0 Å². The third-order valence-corrected chi connectivity index (χ3v) is 7.69. The Morgan fingerprint density at radius 3 is 2.58 bits per heavy atom. The van der Waals surface area contributed by atoms with E-state index in [4.69, 9.17) is 0 Å². The van der Waals surface area contributed by atoms with E-state index in [1.807, 2.05) is 19.1 Å². The van der Waals surface area contributed by atoms with Crippen LogP contribution in [0.15, 0.2) is 35.4 Å². The van der Waals surface area contributed by atoms with Crippen LogP contribution in [0.5, 0.6) is 0 Å². The molecule has 140 valence electrons. The molecule has 1 saturated heterocycles. The molecule has 0 bridgehead atoms. The minimum atomic E-state index is -3.56. The molecule has 2 aromatic rings. The van der Waals surface area contributed by atoms with Gasteiger partial charge in [0.25, 0.3) is 0 Å². The Morgan fingerprint density at radius 2 is 1.88 bits per heavy atom. The van der Waals surface area contributed by atoms with Gasteiger partial charge in [0.05, 0.1) is 16.5 Å². The largest absolute Gasteiger partial charge is 0.391 e. The molecule has 1 N–H and O–H groups in total. The van der Waals surface area contributed by atoms with Crippen molar-refractivity contribution in [1.82, 2.24) is 14.2 Å². The minimum Gasteiger partial charge on any atom is -0.391 e. The summed E-state index contributed by atoms with van der Waals surface area (Å²) in [5.74, 6) is 0. The maximum absolute atomic E-state index is 13.2. The number of aliphatic hydroxyl groups excluding tert-OH is 1. The minimum absolute atomic E-state index is 0.184. The second-order valence-electron chi connectivity index (χ2n) is 7.29. The van der Waals surface area contributed by atoms with Crippen molar-refractivity contribution in [2.24, 2.45) is 0 Å². The van der Waals surface area contributed by atoms with Gasteiger partial charge < -0.3 is 5.11 Å². The van der Waals surface area contributed by atoms with E-state index in [-0.39, 0.29) is 12.1 Å². The second-order valence-corrected chi connectivity index (χ2v) is 9.19. The third-order valence-electron chi connectivity index (χ3n) is 5.74. The Hall–Kier alpha value is -1.54. The highest BCUT2D eigenvalue weighted by Gasteiger charge is 2.36. The van der Waals surface area contributed by atoms with Crippen LogP contribution >= 0.6 is 0 Å². The topological polar surface area (TPSA) is 73.7 Å². The second kappa shape index (κ2) is 6.88. The number of hydrogen-bond donors (Lipinski definition) is 1. The van der Waals surface area contributed by atoms with Gasteiger partial charge in [-0.3, -0.25) is 9.88 Å². The van der Waals surface area contributed by atoms with Crippen LogP contribution in [0.4, 0.5) is 0 Å². The number of nitrogens with zero attached hydrogens (tertiary/aromatic N) is 3. The summed E-state index contributed by atoms with van der Waals surface area (Å²) in [4.78, 5) is 6.94. The smallest absolute Gasteiger partial charge is 0.243 e. The number of aryl methyl sites for hydroxylation is 1. The van der Waals surface area contributed by atoms with Gasteiger partial charge in [-0.25, -0.2) is 8.42 Å². The molecule has 1 aliphatic carbocycles. The number of aromatic nitrogens is 1. The number of piperazine rings is 1. The Balaban J connectivity index is 1.58. The van der Waals surface area contributed by atoms with Crippen LogP contribution in [-0.2, 0) is 10.0 Å². The lowest BCUT2D eigenvalue weighted by Crippen LogP contribution is -2.53. The van der Waals surface area contributed by atoms with E-state index in [0.29, 0.717) is 36.5 Å². The van der Waals surface area contributed by atoms with Crippen molar-refractivity contribution < 1.29 is 13.5 Å². The monoisotopic (exact) mass is 375 g/mol. The first-order valence-electron chi connectivity index (χ1n) is 9.25. The average Bonchev–Trinajstić information content (AvgIpc) is 3.08. The number of aliphatic hydroxyl groups is 1. The lowest BCUT2D eigenvalue weighted by molar-refractivity contribution is 0.0512. The van der Waals surface area contributed by atoms with Crippen molar-refractivity contribution in [2.45, 2.75) is 43.2 Å². The number of pyridine rings is 1. The summed E-state index contributed by atoms with van der Waals surface area (Å²) in [6, 6.07) is 7.31. The Morgan fingerprint density at radius 1 is 1.12 bits per heavy atom. The third kappa shape index (κ3) is 3.03. The molecule has 26 heavy (non-hydrogen) atoms. The molecule has 2 unspecified atom stereocenters. The molecule has 1 saturated carbocycles. The fourth-order valence-electron chi connectivity index (χ4n) is 4.27. The fraction of sp³-hybridized carbons (Fsp3) is 0.526. The zero-order valence-electron chi connectivity index (χ0n) is 15.0. The van der Waals surface area contributed by atoms with E-state index in [0.717, 1.165) is 30.3 Å². The van der Waals surface area contributed by atoms with Crippen molar-refractivity contribution in [3.63, 3.8) is 0 Å². The number of benzene rings is 1. The van der Waals surface area contributed by atoms with E-state index in [1.165, 1.54) is 0 Å². The average molecular weight is 375 g/mol. The lowest BCUT2D eigenvalue weighted by Gasteiger charge is -2.38. The molecule has 6 nitrogen and oxygen atoms in total. The summed E-state index contributed by atoms with van der Waals surface area (Å²) in [5.41, 5.74) is 1.71. The Bertz CT molecular complexity index is 907. The molecular weight excluding hydrogens is 350 g/mol. The van der Waals surface area contributed by atoms with Crippen molar-refractivity contribution in [3.8, 4) is 0 Å². The van der Waals surface area contributed by atoms with Gasteiger partial charge in [-0.05, 0) is 49.9 Å². The highest BCUT2D eigenvalue weighted by molar-refractivity contribution is 7.89. The summed E-state index contributed by atoms with van der Waals surface area (Å²) in [7, 11) is -3.56. The summed E-state index contributed by atoms with van der Waals surface area (Å²) in [6.07, 6.45) is 4.32. The molecule has 0 spiro atoms. The van der Waals surface area contributed by atoms with Crippen molar-refractivity contribution in [3.05, 3.63) is 36.0 Å². The number of hydrogen-bond acceptors (Lipinski definition) is 5. The van der Waals surface area contributed by atoms with E-state index < -0.39 is 10.0 Å². The molecule has 7 heteroatoms. The first-order chi connectivity index (χ1) is 12.5. The lowest BCUT2D eigenvalue weighted by atomic mass is 10.1. The van der Waals surface area contributed by atoms with Gasteiger partial charge in [0, 0.05) is 43.8 Å². The number of fused-ring (bicyclic) bond motifs is 1. The van der Waals surface area contributed by atoms with Crippen LogP contribution in [0, 0.1) is 6.92 Å². The fourth-order valence-corrected chi connectivity index (χ4v) is 5.88. The Labute approximate surface area is 154 Å². The SMILES string of the molecule is Cc1ccc(S(=O)(=O)N2CCN(C3CCCC3O)CC2)c2cccnc12. The maximum atomic E-state index is 13.2. The summed E-state index contributed by atoms with van der Waals surface area (Å²) in [6.45, 7) is 4.20. The van der Waals surface area contributed by atoms with Gasteiger partial charge in [-0.1, -0.05) is 6.07 Å². The molecule has 0 amide bonds. The summed E-state index contributed by atoms with van der Waals surface area (Å²) >= 11 is 0. The van der Waals surface area contributed by atoms with Crippen LogP contribution in [-0.4, -0.2) is 66.0 Å². The molecule has 2 fully saturated rings. The van der Waals surface area contributed by atoms with Crippen molar-refractivity contribution in [1.29, 1.82) is 0 Å². The standard InChI is InChI=1S/C19H25N3O3S/c1-14-7-8-18(15-4-3-9-20-19(14)15)26(24,25)22-12-10-21(11-13-22)16-5-2-6-17(16)23/h3-4,7-9,16-17,23H,2,5-6,10-13H2,1H3. The van der Waals surface area contributed by atoms with Gasteiger partial charge in [0.15, 0.2) is 0 Å². The van der Waals surface area contributed by atoms with Crippen LogP contribution in [0.25, 0.3) is 10.9 Å². The number of rotatable bonds is 3. The molecular formula is C19H25N3O3S. The highest BCUT2D eigenvalue weighted by Crippen LogP contribution is 2.29. The van der Waals surface area contributed by atoms with E-state index in [2.05, 4.69) is 9.88 Å². The number of sulfonamides is 1.